The summed E-state index contributed by atoms with van der Waals surface area (Å²) in [5, 5.41) is 6.72. The van der Waals surface area contributed by atoms with Gasteiger partial charge in [0.1, 0.15) is 0 Å². The summed E-state index contributed by atoms with van der Waals surface area (Å²) >= 11 is 11.1. The van der Waals surface area contributed by atoms with Gasteiger partial charge < -0.3 is 10.6 Å². The zero-order chi connectivity index (χ0) is 14.5. The predicted molar refractivity (Wildman–Crippen MR) is 80.9 cm³/mol. The zero-order valence-corrected chi connectivity index (χ0v) is 11.9. The Morgan fingerprint density at radius 1 is 1.10 bits per heavy atom. The number of halogens is 3. The molecule has 0 aliphatic carbocycles. The summed E-state index contributed by atoms with van der Waals surface area (Å²) in [6.07, 6.45) is 0. The molecule has 2 aromatic rings. The van der Waals surface area contributed by atoms with Gasteiger partial charge in [-0.1, -0.05) is 29.8 Å². The molecule has 0 bridgehead atoms. The van der Waals surface area contributed by atoms with Gasteiger partial charge in [-0.15, -0.1) is 0 Å². The summed E-state index contributed by atoms with van der Waals surface area (Å²) in [6.45, 7) is 0.285. The van der Waals surface area contributed by atoms with Gasteiger partial charge in [0.15, 0.2) is 16.7 Å². The summed E-state index contributed by atoms with van der Waals surface area (Å²) in [4.78, 5) is 0. The Labute approximate surface area is 125 Å². The highest BCUT2D eigenvalue weighted by molar-refractivity contribution is 7.80. The first kappa shape index (κ1) is 14.7. The molecule has 0 unspecified atom stereocenters. The van der Waals surface area contributed by atoms with Crippen molar-refractivity contribution < 1.29 is 8.78 Å². The van der Waals surface area contributed by atoms with E-state index in [2.05, 4.69) is 10.6 Å². The third-order valence-corrected chi connectivity index (χ3v) is 3.14. The Morgan fingerprint density at radius 2 is 1.85 bits per heavy atom. The fraction of sp³-hybridized carbons (Fsp3) is 0.0714. The van der Waals surface area contributed by atoms with Crippen LogP contribution in [0.2, 0.25) is 5.02 Å². The van der Waals surface area contributed by atoms with Crippen LogP contribution in [0.5, 0.6) is 0 Å². The van der Waals surface area contributed by atoms with E-state index in [0.29, 0.717) is 21.4 Å². The highest BCUT2D eigenvalue weighted by atomic mass is 35.5. The molecule has 0 heterocycles. The van der Waals surface area contributed by atoms with Crippen molar-refractivity contribution in [1.29, 1.82) is 0 Å². The van der Waals surface area contributed by atoms with Crippen molar-refractivity contribution >= 4 is 34.6 Å². The number of hydrogen-bond acceptors (Lipinski definition) is 1. The molecule has 20 heavy (non-hydrogen) atoms. The molecule has 0 saturated heterocycles. The van der Waals surface area contributed by atoms with Crippen molar-refractivity contribution in [2.24, 2.45) is 0 Å². The van der Waals surface area contributed by atoms with Crippen molar-refractivity contribution in [3.63, 3.8) is 0 Å². The second-order valence-corrected chi connectivity index (χ2v) is 4.85. The van der Waals surface area contributed by atoms with Crippen LogP contribution in [0.1, 0.15) is 5.56 Å². The summed E-state index contributed by atoms with van der Waals surface area (Å²) < 4.78 is 25.8. The number of rotatable bonds is 3. The molecule has 0 aliphatic heterocycles. The predicted octanol–water partition coefficient (Wildman–Crippen LogP) is 4.10. The minimum atomic E-state index is -0.880. The van der Waals surface area contributed by atoms with Gasteiger partial charge in [0.25, 0.3) is 0 Å². The fourth-order valence-electron chi connectivity index (χ4n) is 1.56. The molecule has 0 spiro atoms. The second-order valence-electron chi connectivity index (χ2n) is 4.04. The van der Waals surface area contributed by atoms with E-state index in [1.165, 1.54) is 6.07 Å². The molecule has 0 atom stereocenters. The monoisotopic (exact) mass is 312 g/mol. The Balaban J connectivity index is 1.92. The lowest BCUT2D eigenvalue weighted by Crippen LogP contribution is -2.28. The average molecular weight is 313 g/mol. The van der Waals surface area contributed by atoms with Gasteiger partial charge in [-0.05, 0) is 42.0 Å². The zero-order valence-electron chi connectivity index (χ0n) is 10.3. The molecule has 2 aromatic carbocycles. The van der Waals surface area contributed by atoms with E-state index in [9.17, 15) is 8.78 Å². The Bertz CT molecular complexity index is 634. The lowest BCUT2D eigenvalue weighted by molar-refractivity contribution is 0.507. The Kier molecular flexibility index (Phi) is 4.87. The minimum Gasteiger partial charge on any atom is -0.358 e. The number of benzene rings is 2. The van der Waals surface area contributed by atoms with Crippen LogP contribution in [-0.2, 0) is 6.54 Å². The third-order valence-electron chi connectivity index (χ3n) is 2.56. The van der Waals surface area contributed by atoms with Crippen molar-refractivity contribution in [2.75, 3.05) is 5.32 Å². The smallest absolute Gasteiger partial charge is 0.171 e. The van der Waals surface area contributed by atoms with Crippen LogP contribution in [0, 0.1) is 11.6 Å². The Hall–Kier alpha value is -1.72. The molecule has 2 nitrogen and oxygen atoms in total. The van der Waals surface area contributed by atoms with Crippen molar-refractivity contribution in [3.05, 3.63) is 64.7 Å². The molecular formula is C14H11ClF2N2S. The van der Waals surface area contributed by atoms with Gasteiger partial charge in [0, 0.05) is 6.54 Å². The molecule has 2 N–H and O–H groups in total. The van der Waals surface area contributed by atoms with Crippen LogP contribution < -0.4 is 10.6 Å². The SMILES string of the molecule is Fc1ccc(CNC(=S)Nc2ccccc2Cl)cc1F. The van der Waals surface area contributed by atoms with Gasteiger partial charge in [-0.25, -0.2) is 8.78 Å². The first-order valence-corrected chi connectivity index (χ1v) is 6.58. The number of hydrogen-bond donors (Lipinski definition) is 2. The van der Waals surface area contributed by atoms with Crippen LogP contribution in [0.3, 0.4) is 0 Å². The van der Waals surface area contributed by atoms with E-state index in [4.69, 9.17) is 23.8 Å². The molecule has 0 amide bonds. The number of para-hydroxylation sites is 1. The molecule has 0 aromatic heterocycles. The van der Waals surface area contributed by atoms with E-state index in [1.807, 2.05) is 12.1 Å². The summed E-state index contributed by atoms with van der Waals surface area (Å²) in [7, 11) is 0. The highest BCUT2D eigenvalue weighted by Gasteiger charge is 2.04. The maximum atomic E-state index is 13.0. The summed E-state index contributed by atoms with van der Waals surface area (Å²) in [6, 6.07) is 10.9. The maximum Gasteiger partial charge on any atom is 0.171 e. The van der Waals surface area contributed by atoms with Gasteiger partial charge in [-0.3, -0.25) is 0 Å². The van der Waals surface area contributed by atoms with Crippen LogP contribution in [0.4, 0.5) is 14.5 Å². The second kappa shape index (κ2) is 6.63. The maximum absolute atomic E-state index is 13.0. The fourth-order valence-corrected chi connectivity index (χ4v) is 1.93. The summed E-state index contributed by atoms with van der Waals surface area (Å²) in [5.74, 6) is -1.75. The van der Waals surface area contributed by atoms with Gasteiger partial charge in [-0.2, -0.15) is 0 Å². The van der Waals surface area contributed by atoms with Crippen molar-refractivity contribution in [3.8, 4) is 0 Å². The molecular weight excluding hydrogens is 302 g/mol. The molecule has 6 heteroatoms. The lowest BCUT2D eigenvalue weighted by Gasteiger charge is -2.11. The molecule has 0 radical (unpaired) electrons. The van der Waals surface area contributed by atoms with Crippen LogP contribution in [-0.4, -0.2) is 5.11 Å². The van der Waals surface area contributed by atoms with Gasteiger partial charge in [0.05, 0.1) is 10.7 Å². The number of anilines is 1. The Morgan fingerprint density at radius 3 is 2.55 bits per heavy atom. The highest BCUT2D eigenvalue weighted by Crippen LogP contribution is 2.20. The number of nitrogens with one attached hydrogen (secondary N) is 2. The molecule has 0 fully saturated rings. The van der Waals surface area contributed by atoms with E-state index in [1.54, 1.807) is 12.1 Å². The summed E-state index contributed by atoms with van der Waals surface area (Å²) in [5.41, 5.74) is 1.27. The first-order chi connectivity index (χ1) is 9.56. The molecule has 0 aliphatic rings. The molecule has 104 valence electrons. The first-order valence-electron chi connectivity index (χ1n) is 5.79. The standard InChI is InChI=1S/C14H11ClF2N2S/c15-10-3-1-2-4-13(10)19-14(20)18-8-9-5-6-11(16)12(17)7-9/h1-7H,8H2,(H2,18,19,20). The van der Waals surface area contributed by atoms with Gasteiger partial charge >= 0.3 is 0 Å². The topological polar surface area (TPSA) is 24.1 Å². The minimum absolute atomic E-state index is 0.285. The largest absolute Gasteiger partial charge is 0.358 e. The van der Waals surface area contributed by atoms with Crippen LogP contribution in [0.15, 0.2) is 42.5 Å². The molecule has 0 saturated carbocycles. The number of thiocarbonyl (C=S) groups is 1. The third kappa shape index (κ3) is 3.88. The van der Waals surface area contributed by atoms with Crippen molar-refractivity contribution in [2.45, 2.75) is 6.54 Å². The van der Waals surface area contributed by atoms with E-state index >= 15 is 0 Å². The average Bonchev–Trinajstić information content (AvgIpc) is 2.43. The van der Waals surface area contributed by atoms with Crippen molar-refractivity contribution in [1.82, 2.24) is 5.32 Å². The van der Waals surface area contributed by atoms with Gasteiger partial charge in [0.2, 0.25) is 0 Å². The van der Waals surface area contributed by atoms with E-state index in [0.717, 1.165) is 12.1 Å². The quantitative estimate of drug-likeness (QED) is 0.834. The van der Waals surface area contributed by atoms with Crippen LogP contribution in [0.25, 0.3) is 0 Å². The van der Waals surface area contributed by atoms with E-state index in [-0.39, 0.29) is 6.54 Å². The normalized spacial score (nSPS) is 10.2. The van der Waals surface area contributed by atoms with E-state index < -0.39 is 11.6 Å². The molecule has 2 rings (SSSR count). The lowest BCUT2D eigenvalue weighted by atomic mass is 10.2. The van der Waals surface area contributed by atoms with Crippen LogP contribution >= 0.6 is 23.8 Å².